The molecule has 23 heavy (non-hydrogen) atoms. The zero-order valence-corrected chi connectivity index (χ0v) is 14.8. The largest absolute Gasteiger partial charge is 0.347 e. The molecule has 6 nitrogen and oxygen atoms in total. The van der Waals surface area contributed by atoms with E-state index >= 15 is 0 Å². The van der Waals surface area contributed by atoms with Crippen LogP contribution in [0.2, 0.25) is 0 Å². The lowest BCUT2D eigenvalue weighted by Gasteiger charge is -2.39. The average Bonchev–Trinajstić information content (AvgIpc) is 3.09. The molecule has 2 aliphatic rings. The Morgan fingerprint density at radius 1 is 1.26 bits per heavy atom. The Balaban J connectivity index is 1.69. The zero-order chi connectivity index (χ0) is 16.3. The molecule has 0 unspecified atom stereocenters. The molecule has 0 aromatic carbocycles. The van der Waals surface area contributed by atoms with Gasteiger partial charge in [0.25, 0.3) is 0 Å². The molecule has 1 atom stereocenters. The van der Waals surface area contributed by atoms with Crippen molar-refractivity contribution in [3.8, 4) is 0 Å². The second-order valence-electron chi connectivity index (χ2n) is 6.76. The highest BCUT2D eigenvalue weighted by atomic mass is 32.2. The molecule has 0 amide bonds. The van der Waals surface area contributed by atoms with Crippen LogP contribution in [0.15, 0.2) is 12.4 Å². The Kier molecular flexibility index (Phi) is 5.38. The summed E-state index contributed by atoms with van der Waals surface area (Å²) in [5, 5.41) is 0. The van der Waals surface area contributed by atoms with Crippen molar-refractivity contribution in [2.45, 2.75) is 45.1 Å². The fourth-order valence-electron chi connectivity index (χ4n) is 3.90. The number of imidazole rings is 1. The fraction of sp³-hybridized carbons (Fsp3) is 0.812. The van der Waals surface area contributed by atoms with Crippen LogP contribution < -0.4 is 0 Å². The maximum Gasteiger partial charge on any atom is 0.214 e. The van der Waals surface area contributed by atoms with Crippen LogP contribution in [0.25, 0.3) is 0 Å². The van der Waals surface area contributed by atoms with Crippen LogP contribution in [0.5, 0.6) is 0 Å². The molecule has 0 bridgehead atoms. The van der Waals surface area contributed by atoms with Gasteiger partial charge in [-0.3, -0.25) is 4.90 Å². The van der Waals surface area contributed by atoms with E-state index in [9.17, 15) is 8.42 Å². The summed E-state index contributed by atoms with van der Waals surface area (Å²) in [6, 6.07) is 0.0323. The number of H-pyrrole nitrogens is 1. The third-order valence-electron chi connectivity index (χ3n) is 5.26. The molecule has 2 heterocycles. The van der Waals surface area contributed by atoms with Gasteiger partial charge < -0.3 is 4.98 Å². The van der Waals surface area contributed by atoms with Gasteiger partial charge in [0.1, 0.15) is 5.82 Å². The smallest absolute Gasteiger partial charge is 0.214 e. The first-order valence-corrected chi connectivity index (χ1v) is 10.4. The minimum Gasteiger partial charge on any atom is -0.347 e. The summed E-state index contributed by atoms with van der Waals surface area (Å²) in [5.41, 5.74) is 0. The number of rotatable bonds is 5. The minimum absolute atomic E-state index is 0.0323. The van der Waals surface area contributed by atoms with Crippen molar-refractivity contribution >= 4 is 10.0 Å². The molecule has 1 aliphatic carbocycles. The first kappa shape index (κ1) is 16.9. The SMILES string of the molecule is CCN1CCN(S(=O)(=O)CC2CCCCC2)C[C@H]1c1ncc[nH]1. The van der Waals surface area contributed by atoms with Gasteiger partial charge in [0.05, 0.1) is 11.8 Å². The van der Waals surface area contributed by atoms with E-state index in [0.29, 0.717) is 24.8 Å². The molecular formula is C16H28N4O2S. The number of piperazine rings is 1. The lowest BCUT2D eigenvalue weighted by molar-refractivity contribution is 0.119. The van der Waals surface area contributed by atoms with Crippen molar-refractivity contribution in [3.05, 3.63) is 18.2 Å². The predicted molar refractivity (Wildman–Crippen MR) is 90.5 cm³/mol. The minimum atomic E-state index is -3.17. The summed E-state index contributed by atoms with van der Waals surface area (Å²) < 4.78 is 27.4. The van der Waals surface area contributed by atoms with Gasteiger partial charge in [0, 0.05) is 32.0 Å². The van der Waals surface area contributed by atoms with Crippen molar-refractivity contribution in [2.24, 2.45) is 5.92 Å². The van der Waals surface area contributed by atoms with Crippen molar-refractivity contribution in [3.63, 3.8) is 0 Å². The van der Waals surface area contributed by atoms with Crippen LogP contribution in [0.3, 0.4) is 0 Å². The molecule has 0 radical (unpaired) electrons. The third-order valence-corrected chi connectivity index (χ3v) is 7.27. The Hall–Kier alpha value is -0.920. The second kappa shape index (κ2) is 7.32. The van der Waals surface area contributed by atoms with Gasteiger partial charge in [-0.2, -0.15) is 4.31 Å². The summed E-state index contributed by atoms with van der Waals surface area (Å²) in [4.78, 5) is 9.80. The van der Waals surface area contributed by atoms with E-state index in [-0.39, 0.29) is 6.04 Å². The molecule has 1 aromatic rings. The number of likely N-dealkylation sites (N-methyl/N-ethyl adjacent to an activating group) is 1. The number of sulfonamides is 1. The van der Waals surface area contributed by atoms with Gasteiger partial charge in [-0.15, -0.1) is 0 Å². The van der Waals surface area contributed by atoms with Gasteiger partial charge in [-0.05, 0) is 25.3 Å². The summed E-state index contributed by atoms with van der Waals surface area (Å²) in [7, 11) is -3.17. The molecule has 3 rings (SSSR count). The normalized spacial score (nSPS) is 25.7. The molecule has 1 saturated heterocycles. The van der Waals surface area contributed by atoms with E-state index in [1.165, 1.54) is 19.3 Å². The Labute approximate surface area is 139 Å². The maximum absolute atomic E-state index is 12.8. The lowest BCUT2D eigenvalue weighted by Crippen LogP contribution is -2.51. The van der Waals surface area contributed by atoms with Crippen LogP contribution in [-0.4, -0.2) is 59.5 Å². The highest BCUT2D eigenvalue weighted by Crippen LogP contribution is 2.28. The number of hydrogen-bond acceptors (Lipinski definition) is 4. The van der Waals surface area contributed by atoms with E-state index in [4.69, 9.17) is 0 Å². The molecule has 2 fully saturated rings. The molecule has 1 N–H and O–H groups in total. The molecule has 1 aromatic heterocycles. The van der Waals surface area contributed by atoms with Crippen molar-refractivity contribution in [1.29, 1.82) is 0 Å². The first-order chi connectivity index (χ1) is 11.1. The number of aromatic nitrogens is 2. The van der Waals surface area contributed by atoms with Crippen molar-refractivity contribution < 1.29 is 8.42 Å². The summed E-state index contributed by atoms with van der Waals surface area (Å²) >= 11 is 0. The van der Waals surface area contributed by atoms with Crippen molar-refractivity contribution in [1.82, 2.24) is 19.2 Å². The molecule has 0 spiro atoms. The van der Waals surface area contributed by atoms with Crippen LogP contribution in [0.4, 0.5) is 0 Å². The monoisotopic (exact) mass is 340 g/mol. The lowest BCUT2D eigenvalue weighted by atomic mass is 9.91. The Morgan fingerprint density at radius 3 is 2.70 bits per heavy atom. The second-order valence-corrected chi connectivity index (χ2v) is 8.77. The van der Waals surface area contributed by atoms with Crippen LogP contribution in [0, 0.1) is 5.92 Å². The molecule has 1 aliphatic heterocycles. The number of hydrogen-bond donors (Lipinski definition) is 1. The Bertz CT molecular complexity index is 581. The number of aromatic amines is 1. The highest BCUT2D eigenvalue weighted by Gasteiger charge is 2.35. The first-order valence-electron chi connectivity index (χ1n) is 8.81. The van der Waals surface area contributed by atoms with E-state index in [1.54, 1.807) is 16.7 Å². The van der Waals surface area contributed by atoms with Gasteiger partial charge in [0.2, 0.25) is 10.0 Å². The summed E-state index contributed by atoms with van der Waals surface area (Å²) in [5.74, 6) is 1.54. The average molecular weight is 340 g/mol. The van der Waals surface area contributed by atoms with Gasteiger partial charge in [0.15, 0.2) is 0 Å². The van der Waals surface area contributed by atoms with Gasteiger partial charge in [-0.1, -0.05) is 26.2 Å². The molecule has 7 heteroatoms. The van der Waals surface area contributed by atoms with E-state index in [0.717, 1.165) is 31.8 Å². The Morgan fingerprint density at radius 2 is 2.04 bits per heavy atom. The molecule has 130 valence electrons. The summed E-state index contributed by atoms with van der Waals surface area (Å²) in [6.07, 6.45) is 9.28. The van der Waals surface area contributed by atoms with E-state index < -0.39 is 10.0 Å². The van der Waals surface area contributed by atoms with Crippen LogP contribution in [0.1, 0.15) is 50.9 Å². The van der Waals surface area contributed by atoms with Crippen LogP contribution >= 0.6 is 0 Å². The molecular weight excluding hydrogens is 312 g/mol. The topological polar surface area (TPSA) is 69.3 Å². The maximum atomic E-state index is 12.8. The van der Waals surface area contributed by atoms with Gasteiger partial charge >= 0.3 is 0 Å². The summed E-state index contributed by atoms with van der Waals surface area (Å²) in [6.45, 7) is 4.90. The predicted octanol–water partition coefficient (Wildman–Crippen LogP) is 2.00. The van der Waals surface area contributed by atoms with E-state index in [2.05, 4.69) is 21.8 Å². The van der Waals surface area contributed by atoms with Crippen molar-refractivity contribution in [2.75, 3.05) is 31.9 Å². The zero-order valence-electron chi connectivity index (χ0n) is 13.9. The fourth-order valence-corrected chi connectivity index (χ4v) is 5.77. The van der Waals surface area contributed by atoms with Gasteiger partial charge in [-0.25, -0.2) is 13.4 Å². The standard InChI is InChI=1S/C16H28N4O2S/c1-2-19-10-11-20(12-15(19)16-17-8-9-18-16)23(21,22)13-14-6-4-3-5-7-14/h8-9,14-15H,2-7,10-13H2,1H3,(H,17,18)/t15-/m0/s1. The third kappa shape index (κ3) is 3.95. The van der Waals surface area contributed by atoms with Crippen LogP contribution in [-0.2, 0) is 10.0 Å². The number of nitrogens with one attached hydrogen (secondary N) is 1. The quantitative estimate of drug-likeness (QED) is 0.890. The molecule has 1 saturated carbocycles. The van der Waals surface area contributed by atoms with E-state index in [1.807, 2.05) is 0 Å². The highest BCUT2D eigenvalue weighted by molar-refractivity contribution is 7.89. The number of nitrogens with zero attached hydrogens (tertiary/aromatic N) is 3.